The van der Waals surface area contributed by atoms with Crippen LogP contribution in [0, 0.1) is 17.8 Å². The molecule has 0 spiro atoms. The van der Waals surface area contributed by atoms with E-state index >= 15 is 0 Å². The van der Waals surface area contributed by atoms with Crippen LogP contribution in [0.2, 0.25) is 0 Å². The molecule has 1 heterocycles. The van der Waals surface area contributed by atoms with Gasteiger partial charge in [0, 0.05) is 30.3 Å². The second-order valence-corrected chi connectivity index (χ2v) is 5.21. The van der Waals surface area contributed by atoms with Crippen molar-refractivity contribution in [3.63, 3.8) is 0 Å². The molecule has 2 aromatic rings. The molecule has 104 valence electrons. The molecule has 0 amide bonds. The molecule has 0 atom stereocenters. The molecule has 0 bridgehead atoms. The lowest BCUT2D eigenvalue weighted by atomic mass is 10.0. The van der Waals surface area contributed by atoms with E-state index in [1.165, 1.54) is 12.8 Å². The third kappa shape index (κ3) is 3.70. The molecule has 3 rings (SSSR count). The molecule has 3 nitrogen and oxygen atoms in total. The van der Waals surface area contributed by atoms with Gasteiger partial charge >= 0.3 is 0 Å². The molecule has 1 aliphatic carbocycles. The topological polar surface area (TPSA) is 45.5 Å². The number of hydrogen-bond donors (Lipinski definition) is 1. The molecular formula is C18H16N2O. The van der Waals surface area contributed by atoms with Crippen LogP contribution in [-0.4, -0.2) is 15.9 Å². The largest absolute Gasteiger partial charge is 0.411 e. The van der Waals surface area contributed by atoms with Gasteiger partial charge in [0.25, 0.3) is 0 Å². The molecule has 1 aliphatic rings. The van der Waals surface area contributed by atoms with Gasteiger partial charge in [-0.25, -0.2) is 0 Å². The maximum atomic E-state index is 9.23. The molecule has 1 fully saturated rings. The van der Waals surface area contributed by atoms with Gasteiger partial charge in [0.2, 0.25) is 0 Å². The standard InChI is InChI=1S/C18H16N2O/c21-20-18(12-16-2-1-11-19-13-16)17-9-7-15(8-10-17)6-5-14-3-4-14/h1-2,7-11,13-14,21H,3-4,12H2/b20-18+. The lowest BCUT2D eigenvalue weighted by molar-refractivity contribution is 0.318. The van der Waals surface area contributed by atoms with Gasteiger partial charge in [0.15, 0.2) is 0 Å². The Kier molecular flexibility index (Phi) is 3.97. The van der Waals surface area contributed by atoms with Gasteiger partial charge in [-0.1, -0.05) is 35.2 Å². The average Bonchev–Trinajstić information content (AvgIpc) is 3.37. The molecular weight excluding hydrogens is 260 g/mol. The predicted octanol–water partition coefficient (Wildman–Crippen LogP) is 3.26. The van der Waals surface area contributed by atoms with Crippen LogP contribution in [0.25, 0.3) is 0 Å². The molecule has 1 aromatic heterocycles. The maximum absolute atomic E-state index is 9.23. The zero-order valence-electron chi connectivity index (χ0n) is 11.7. The molecule has 1 N–H and O–H groups in total. The van der Waals surface area contributed by atoms with Crippen molar-refractivity contribution in [3.8, 4) is 11.8 Å². The lowest BCUT2D eigenvalue weighted by Crippen LogP contribution is -2.05. The molecule has 1 aromatic carbocycles. The first kappa shape index (κ1) is 13.4. The third-order valence-electron chi connectivity index (χ3n) is 3.43. The first-order chi connectivity index (χ1) is 10.3. The molecule has 21 heavy (non-hydrogen) atoms. The maximum Gasteiger partial charge on any atom is 0.0912 e. The highest BCUT2D eigenvalue weighted by molar-refractivity contribution is 6.01. The zero-order chi connectivity index (χ0) is 14.5. The van der Waals surface area contributed by atoms with Crippen molar-refractivity contribution in [2.75, 3.05) is 0 Å². The van der Waals surface area contributed by atoms with Crippen molar-refractivity contribution in [1.29, 1.82) is 0 Å². The Morgan fingerprint density at radius 3 is 2.67 bits per heavy atom. The summed E-state index contributed by atoms with van der Waals surface area (Å²) >= 11 is 0. The number of hydrogen-bond acceptors (Lipinski definition) is 3. The second kappa shape index (κ2) is 6.23. The van der Waals surface area contributed by atoms with Gasteiger partial charge in [-0.2, -0.15) is 0 Å². The van der Waals surface area contributed by atoms with E-state index in [4.69, 9.17) is 0 Å². The summed E-state index contributed by atoms with van der Waals surface area (Å²) in [5.41, 5.74) is 3.55. The van der Waals surface area contributed by atoms with E-state index < -0.39 is 0 Å². The normalized spacial score (nSPS) is 14.4. The zero-order valence-corrected chi connectivity index (χ0v) is 11.7. The van der Waals surface area contributed by atoms with Crippen LogP contribution in [0.4, 0.5) is 0 Å². The van der Waals surface area contributed by atoms with E-state index in [2.05, 4.69) is 22.0 Å². The fourth-order valence-electron chi connectivity index (χ4n) is 2.05. The minimum atomic E-state index is 0.553. The van der Waals surface area contributed by atoms with Crippen LogP contribution in [0.3, 0.4) is 0 Å². The molecule has 0 saturated heterocycles. The Hall–Kier alpha value is -2.60. The quantitative estimate of drug-likeness (QED) is 0.405. The van der Waals surface area contributed by atoms with E-state index in [1.807, 2.05) is 36.4 Å². The van der Waals surface area contributed by atoms with Crippen LogP contribution in [0.1, 0.15) is 29.5 Å². The number of pyridine rings is 1. The van der Waals surface area contributed by atoms with E-state index in [0.717, 1.165) is 16.7 Å². The van der Waals surface area contributed by atoms with Crippen molar-refractivity contribution in [2.45, 2.75) is 19.3 Å². The van der Waals surface area contributed by atoms with Gasteiger partial charge in [-0.05, 0) is 42.2 Å². The summed E-state index contributed by atoms with van der Waals surface area (Å²) < 4.78 is 0. The second-order valence-electron chi connectivity index (χ2n) is 5.21. The van der Waals surface area contributed by atoms with Crippen LogP contribution >= 0.6 is 0 Å². The number of nitrogens with zero attached hydrogens (tertiary/aromatic N) is 2. The highest BCUT2D eigenvalue weighted by Gasteiger charge is 2.17. The molecule has 0 radical (unpaired) electrons. The Balaban J connectivity index is 1.74. The summed E-state index contributed by atoms with van der Waals surface area (Å²) in [7, 11) is 0. The van der Waals surface area contributed by atoms with Crippen LogP contribution < -0.4 is 0 Å². The lowest BCUT2D eigenvalue weighted by Gasteiger charge is -2.05. The SMILES string of the molecule is O/N=C(\Cc1cccnc1)c1ccc(C#CC2CC2)cc1. The summed E-state index contributed by atoms with van der Waals surface area (Å²) in [4.78, 5) is 4.07. The Morgan fingerprint density at radius 1 is 1.24 bits per heavy atom. The summed E-state index contributed by atoms with van der Waals surface area (Å²) in [5, 5.41) is 12.7. The van der Waals surface area contributed by atoms with E-state index in [-0.39, 0.29) is 0 Å². The summed E-state index contributed by atoms with van der Waals surface area (Å²) in [6, 6.07) is 11.7. The van der Waals surface area contributed by atoms with Crippen LogP contribution in [-0.2, 0) is 6.42 Å². The van der Waals surface area contributed by atoms with Crippen molar-refractivity contribution in [1.82, 2.24) is 4.98 Å². The van der Waals surface area contributed by atoms with Crippen molar-refractivity contribution in [2.24, 2.45) is 11.1 Å². The number of oxime groups is 1. The number of benzene rings is 1. The Morgan fingerprint density at radius 2 is 2.05 bits per heavy atom. The molecule has 3 heteroatoms. The van der Waals surface area contributed by atoms with Gasteiger partial charge in [0.05, 0.1) is 5.71 Å². The Labute approximate surface area is 124 Å². The third-order valence-corrected chi connectivity index (χ3v) is 3.43. The number of rotatable bonds is 3. The molecule has 0 unspecified atom stereocenters. The molecule has 0 aliphatic heterocycles. The fraction of sp³-hybridized carbons (Fsp3) is 0.222. The van der Waals surface area contributed by atoms with Crippen LogP contribution in [0.5, 0.6) is 0 Å². The average molecular weight is 276 g/mol. The first-order valence-electron chi connectivity index (χ1n) is 7.07. The first-order valence-corrected chi connectivity index (χ1v) is 7.07. The van der Waals surface area contributed by atoms with E-state index in [1.54, 1.807) is 12.4 Å². The Bertz CT molecular complexity index is 689. The van der Waals surface area contributed by atoms with Crippen molar-refractivity contribution in [3.05, 3.63) is 65.5 Å². The summed E-state index contributed by atoms with van der Waals surface area (Å²) in [6.07, 6.45) is 6.53. The summed E-state index contributed by atoms with van der Waals surface area (Å²) in [6.45, 7) is 0. The van der Waals surface area contributed by atoms with Crippen molar-refractivity contribution < 1.29 is 5.21 Å². The highest BCUT2D eigenvalue weighted by Crippen LogP contribution is 2.27. The van der Waals surface area contributed by atoms with E-state index in [9.17, 15) is 5.21 Å². The van der Waals surface area contributed by atoms with E-state index in [0.29, 0.717) is 18.1 Å². The minimum absolute atomic E-state index is 0.553. The monoisotopic (exact) mass is 276 g/mol. The van der Waals surface area contributed by atoms with Gasteiger partial charge in [-0.15, -0.1) is 0 Å². The highest BCUT2D eigenvalue weighted by atomic mass is 16.4. The van der Waals surface area contributed by atoms with Gasteiger partial charge in [-0.3, -0.25) is 4.98 Å². The van der Waals surface area contributed by atoms with Gasteiger partial charge < -0.3 is 5.21 Å². The fourth-order valence-corrected chi connectivity index (χ4v) is 2.05. The minimum Gasteiger partial charge on any atom is -0.411 e. The van der Waals surface area contributed by atoms with Crippen LogP contribution in [0.15, 0.2) is 53.9 Å². The summed E-state index contributed by atoms with van der Waals surface area (Å²) in [5.74, 6) is 7.02. The van der Waals surface area contributed by atoms with Gasteiger partial charge in [0.1, 0.15) is 0 Å². The predicted molar refractivity (Wildman–Crippen MR) is 82.3 cm³/mol. The smallest absolute Gasteiger partial charge is 0.0912 e. The number of aromatic nitrogens is 1. The molecule has 1 saturated carbocycles. The van der Waals surface area contributed by atoms with Crippen molar-refractivity contribution >= 4 is 5.71 Å².